The van der Waals surface area contributed by atoms with Crippen molar-refractivity contribution in [1.29, 1.82) is 0 Å². The molecule has 0 N–H and O–H groups in total. The molecule has 2 heterocycles. The molecule has 0 bridgehead atoms. The molecule has 3 nitrogen and oxygen atoms in total. The number of benzene rings is 1. The molecule has 96 valence electrons. The van der Waals surface area contributed by atoms with Crippen LogP contribution >= 0.6 is 11.3 Å². The van der Waals surface area contributed by atoms with Gasteiger partial charge in [-0.3, -0.25) is 4.79 Å². The van der Waals surface area contributed by atoms with Crippen LogP contribution in [0, 0.1) is 0 Å². The van der Waals surface area contributed by atoms with Gasteiger partial charge in [0.2, 0.25) is 0 Å². The van der Waals surface area contributed by atoms with Crippen LogP contribution in [-0.2, 0) is 13.0 Å². The fourth-order valence-electron chi connectivity index (χ4n) is 2.28. The van der Waals surface area contributed by atoms with Gasteiger partial charge in [0.05, 0.1) is 17.5 Å². The van der Waals surface area contributed by atoms with Crippen molar-refractivity contribution in [3.8, 4) is 0 Å². The van der Waals surface area contributed by atoms with E-state index in [-0.39, 0.29) is 5.78 Å². The van der Waals surface area contributed by atoms with Crippen molar-refractivity contribution in [2.24, 2.45) is 0 Å². The Hall–Kier alpha value is -1.94. The summed E-state index contributed by atoms with van der Waals surface area (Å²) in [4.78, 5) is 16.8. The van der Waals surface area contributed by atoms with Crippen molar-refractivity contribution >= 4 is 28.2 Å². The maximum atomic E-state index is 12.2. The standard InChI is InChI=1S/C15H14N2OS/c1-2-17-13-6-4-3-5-12(13)16-15(17)9-14(18)11-7-8-19-10-11/h3-8,10H,2,9H2,1H3. The van der Waals surface area contributed by atoms with Gasteiger partial charge in [0.1, 0.15) is 5.82 Å². The van der Waals surface area contributed by atoms with Gasteiger partial charge < -0.3 is 4.57 Å². The molecule has 0 spiro atoms. The zero-order valence-electron chi connectivity index (χ0n) is 10.7. The summed E-state index contributed by atoms with van der Waals surface area (Å²) in [7, 11) is 0. The zero-order valence-corrected chi connectivity index (χ0v) is 11.5. The highest BCUT2D eigenvalue weighted by atomic mass is 32.1. The number of carbonyl (C=O) groups excluding carboxylic acids is 1. The molecule has 1 aromatic carbocycles. The number of ketones is 1. The average molecular weight is 270 g/mol. The molecule has 0 atom stereocenters. The number of aromatic nitrogens is 2. The summed E-state index contributed by atoms with van der Waals surface area (Å²) in [6, 6.07) is 9.87. The van der Waals surface area contributed by atoms with Crippen LogP contribution in [0.3, 0.4) is 0 Å². The highest BCUT2D eigenvalue weighted by Gasteiger charge is 2.14. The Morgan fingerprint density at radius 1 is 1.32 bits per heavy atom. The van der Waals surface area contributed by atoms with Crippen molar-refractivity contribution in [3.63, 3.8) is 0 Å². The van der Waals surface area contributed by atoms with E-state index in [0.29, 0.717) is 6.42 Å². The van der Waals surface area contributed by atoms with Crippen LogP contribution in [0.15, 0.2) is 41.1 Å². The molecular formula is C15H14N2OS. The van der Waals surface area contributed by atoms with Crippen molar-refractivity contribution < 1.29 is 4.79 Å². The number of fused-ring (bicyclic) bond motifs is 1. The van der Waals surface area contributed by atoms with Crippen LogP contribution in [0.4, 0.5) is 0 Å². The van der Waals surface area contributed by atoms with Crippen molar-refractivity contribution in [1.82, 2.24) is 9.55 Å². The predicted molar refractivity (Wildman–Crippen MR) is 77.8 cm³/mol. The molecule has 3 rings (SSSR count). The number of thiophene rings is 1. The molecule has 0 aliphatic heterocycles. The molecule has 0 amide bonds. The number of carbonyl (C=O) groups is 1. The summed E-state index contributed by atoms with van der Waals surface area (Å²) >= 11 is 1.55. The summed E-state index contributed by atoms with van der Waals surface area (Å²) in [6.45, 7) is 2.90. The number of hydrogen-bond donors (Lipinski definition) is 0. The number of para-hydroxylation sites is 2. The molecule has 2 aromatic heterocycles. The second-order valence-electron chi connectivity index (χ2n) is 4.37. The Balaban J connectivity index is 1.99. The van der Waals surface area contributed by atoms with Gasteiger partial charge in [0.15, 0.2) is 5.78 Å². The number of imidazole rings is 1. The third-order valence-corrected chi connectivity index (χ3v) is 3.89. The van der Waals surface area contributed by atoms with Gasteiger partial charge in [-0.25, -0.2) is 4.98 Å². The monoisotopic (exact) mass is 270 g/mol. The summed E-state index contributed by atoms with van der Waals surface area (Å²) in [5, 5.41) is 3.82. The first-order chi connectivity index (χ1) is 9.29. The van der Waals surface area contributed by atoms with Gasteiger partial charge in [0, 0.05) is 17.5 Å². The lowest BCUT2D eigenvalue weighted by molar-refractivity contribution is 0.0990. The largest absolute Gasteiger partial charge is 0.328 e. The summed E-state index contributed by atoms with van der Waals surface area (Å²) in [5.74, 6) is 0.978. The molecule has 0 aliphatic rings. The first kappa shape index (κ1) is 12.1. The zero-order chi connectivity index (χ0) is 13.2. The Bertz CT molecular complexity index is 713. The van der Waals surface area contributed by atoms with Gasteiger partial charge in [-0.15, -0.1) is 0 Å². The summed E-state index contributed by atoms with van der Waals surface area (Å²) in [6.07, 6.45) is 0.360. The normalized spacial score (nSPS) is 11.0. The fourth-order valence-corrected chi connectivity index (χ4v) is 2.94. The van der Waals surface area contributed by atoms with E-state index < -0.39 is 0 Å². The maximum Gasteiger partial charge on any atom is 0.171 e. The minimum Gasteiger partial charge on any atom is -0.328 e. The number of Topliss-reactive ketones (excluding diaryl/α,β-unsaturated/α-hetero) is 1. The van der Waals surface area contributed by atoms with Crippen LogP contribution in [0.5, 0.6) is 0 Å². The van der Waals surface area contributed by atoms with Gasteiger partial charge in [-0.1, -0.05) is 12.1 Å². The average Bonchev–Trinajstić information content (AvgIpc) is 3.05. The van der Waals surface area contributed by atoms with E-state index in [0.717, 1.165) is 29.0 Å². The molecule has 0 fully saturated rings. The summed E-state index contributed by atoms with van der Waals surface area (Å²) < 4.78 is 2.11. The van der Waals surface area contributed by atoms with Crippen LogP contribution in [0.2, 0.25) is 0 Å². The van der Waals surface area contributed by atoms with E-state index >= 15 is 0 Å². The van der Waals surface area contributed by atoms with Crippen molar-refractivity contribution in [2.75, 3.05) is 0 Å². The van der Waals surface area contributed by atoms with Crippen LogP contribution in [-0.4, -0.2) is 15.3 Å². The first-order valence-electron chi connectivity index (χ1n) is 6.29. The van der Waals surface area contributed by atoms with E-state index in [2.05, 4.69) is 16.5 Å². The van der Waals surface area contributed by atoms with Crippen LogP contribution < -0.4 is 0 Å². The first-order valence-corrected chi connectivity index (χ1v) is 7.23. The highest BCUT2D eigenvalue weighted by molar-refractivity contribution is 7.08. The van der Waals surface area contributed by atoms with Gasteiger partial charge in [-0.05, 0) is 30.5 Å². The molecule has 0 unspecified atom stereocenters. The highest BCUT2D eigenvalue weighted by Crippen LogP contribution is 2.18. The lowest BCUT2D eigenvalue weighted by atomic mass is 10.1. The summed E-state index contributed by atoms with van der Waals surface area (Å²) in [5.41, 5.74) is 2.83. The van der Waals surface area contributed by atoms with E-state index in [9.17, 15) is 4.79 Å². The van der Waals surface area contributed by atoms with E-state index in [1.54, 1.807) is 11.3 Å². The Morgan fingerprint density at radius 3 is 2.89 bits per heavy atom. The number of nitrogens with zero attached hydrogens (tertiary/aromatic N) is 2. The molecule has 0 saturated carbocycles. The fraction of sp³-hybridized carbons (Fsp3) is 0.200. The lowest BCUT2D eigenvalue weighted by Crippen LogP contribution is -2.09. The number of aryl methyl sites for hydroxylation is 1. The quantitative estimate of drug-likeness (QED) is 0.680. The second kappa shape index (κ2) is 4.97. The molecule has 0 aliphatic carbocycles. The molecular weight excluding hydrogens is 256 g/mol. The van der Waals surface area contributed by atoms with Crippen LogP contribution in [0.1, 0.15) is 23.1 Å². The minimum atomic E-state index is 0.131. The smallest absolute Gasteiger partial charge is 0.171 e. The van der Waals surface area contributed by atoms with Gasteiger partial charge >= 0.3 is 0 Å². The maximum absolute atomic E-state index is 12.2. The van der Waals surface area contributed by atoms with Gasteiger partial charge in [-0.2, -0.15) is 11.3 Å². The lowest BCUT2D eigenvalue weighted by Gasteiger charge is -2.04. The van der Waals surface area contributed by atoms with Gasteiger partial charge in [0.25, 0.3) is 0 Å². The number of rotatable bonds is 4. The van der Waals surface area contributed by atoms with Crippen molar-refractivity contribution in [2.45, 2.75) is 19.9 Å². The molecule has 3 aromatic rings. The predicted octanol–water partition coefficient (Wildman–Crippen LogP) is 3.54. The Labute approximate surface area is 115 Å². The Kier molecular flexibility index (Phi) is 3.17. The number of hydrogen-bond acceptors (Lipinski definition) is 3. The Morgan fingerprint density at radius 2 is 2.16 bits per heavy atom. The van der Waals surface area contributed by atoms with E-state index in [1.165, 1.54) is 0 Å². The van der Waals surface area contributed by atoms with E-state index in [1.807, 2.05) is 41.1 Å². The van der Waals surface area contributed by atoms with Crippen LogP contribution in [0.25, 0.3) is 11.0 Å². The van der Waals surface area contributed by atoms with Crippen molar-refractivity contribution in [3.05, 3.63) is 52.5 Å². The molecule has 0 radical (unpaired) electrons. The molecule has 4 heteroatoms. The second-order valence-corrected chi connectivity index (χ2v) is 5.15. The molecule has 19 heavy (non-hydrogen) atoms. The molecule has 0 saturated heterocycles. The van der Waals surface area contributed by atoms with E-state index in [4.69, 9.17) is 0 Å². The third kappa shape index (κ3) is 2.19. The third-order valence-electron chi connectivity index (χ3n) is 3.21. The minimum absolute atomic E-state index is 0.131. The topological polar surface area (TPSA) is 34.9 Å². The SMILES string of the molecule is CCn1c(CC(=O)c2ccsc2)nc2ccccc21.